The number of nitrogens with zero attached hydrogens (tertiary/aromatic N) is 2. The van der Waals surface area contributed by atoms with Crippen molar-refractivity contribution in [1.82, 2.24) is 15.3 Å². The molecule has 24 heavy (non-hydrogen) atoms. The number of alkyl carbamates (subject to hydrolysis) is 1. The van der Waals surface area contributed by atoms with Crippen molar-refractivity contribution in [2.45, 2.75) is 32.2 Å². The van der Waals surface area contributed by atoms with E-state index in [4.69, 9.17) is 4.74 Å². The zero-order valence-corrected chi connectivity index (χ0v) is 13.4. The maximum Gasteiger partial charge on any atom is 0.407 e. The van der Waals surface area contributed by atoms with Gasteiger partial charge in [-0.3, -0.25) is 9.97 Å². The van der Waals surface area contributed by atoms with Gasteiger partial charge in [0.05, 0.1) is 23.7 Å². The number of aromatic nitrogens is 2. The van der Waals surface area contributed by atoms with E-state index >= 15 is 0 Å². The molecular weight excluding hydrogens is 310 g/mol. The summed E-state index contributed by atoms with van der Waals surface area (Å²) >= 11 is 0. The molecule has 2 aromatic rings. The fourth-order valence-corrected chi connectivity index (χ4v) is 2.08. The molecule has 0 aliphatic carbocycles. The van der Waals surface area contributed by atoms with Gasteiger partial charge in [0.25, 0.3) is 0 Å². The summed E-state index contributed by atoms with van der Waals surface area (Å²) in [7, 11) is 0. The van der Waals surface area contributed by atoms with Crippen molar-refractivity contribution in [2.75, 3.05) is 6.54 Å². The SMILES string of the molecule is Cc1cncc(C(O)C(O)CCNC(=O)OCc2ccccc2)n1. The normalized spacial score (nSPS) is 13.1. The van der Waals surface area contributed by atoms with Crippen LogP contribution in [-0.4, -0.2) is 38.9 Å². The molecule has 1 heterocycles. The first kappa shape index (κ1) is 17.8. The van der Waals surface area contributed by atoms with Gasteiger partial charge in [-0.25, -0.2) is 4.79 Å². The number of hydrogen-bond acceptors (Lipinski definition) is 6. The number of aliphatic hydroxyl groups excluding tert-OH is 2. The summed E-state index contributed by atoms with van der Waals surface area (Å²) in [4.78, 5) is 19.6. The van der Waals surface area contributed by atoms with E-state index in [1.165, 1.54) is 6.20 Å². The Morgan fingerprint density at radius 3 is 2.71 bits per heavy atom. The number of ether oxygens (including phenoxy) is 1. The molecule has 0 radical (unpaired) electrons. The second kappa shape index (κ2) is 8.95. The average molecular weight is 331 g/mol. The fourth-order valence-electron chi connectivity index (χ4n) is 2.08. The minimum Gasteiger partial charge on any atom is -0.445 e. The van der Waals surface area contributed by atoms with Crippen molar-refractivity contribution in [1.29, 1.82) is 0 Å². The third-order valence-corrected chi connectivity index (χ3v) is 3.36. The second-order valence-corrected chi connectivity index (χ2v) is 5.37. The molecule has 2 rings (SSSR count). The smallest absolute Gasteiger partial charge is 0.407 e. The highest BCUT2D eigenvalue weighted by atomic mass is 16.5. The Balaban J connectivity index is 1.70. The van der Waals surface area contributed by atoms with Gasteiger partial charge in [-0.05, 0) is 18.9 Å². The molecule has 0 aliphatic heterocycles. The molecule has 0 saturated carbocycles. The molecule has 2 unspecified atom stereocenters. The van der Waals surface area contributed by atoms with Crippen LogP contribution in [0, 0.1) is 6.92 Å². The van der Waals surface area contributed by atoms with Crippen molar-refractivity contribution in [3.05, 3.63) is 59.7 Å². The molecule has 0 bridgehead atoms. The molecule has 128 valence electrons. The van der Waals surface area contributed by atoms with Gasteiger partial charge in [0, 0.05) is 12.7 Å². The number of hydrogen-bond donors (Lipinski definition) is 3. The van der Waals surface area contributed by atoms with Crippen LogP contribution in [0.5, 0.6) is 0 Å². The third-order valence-electron chi connectivity index (χ3n) is 3.36. The lowest BCUT2D eigenvalue weighted by Crippen LogP contribution is -2.30. The number of amides is 1. The van der Waals surface area contributed by atoms with E-state index in [0.717, 1.165) is 5.56 Å². The van der Waals surface area contributed by atoms with Gasteiger partial charge in [0.1, 0.15) is 12.7 Å². The lowest BCUT2D eigenvalue weighted by molar-refractivity contribution is 0.0108. The number of carbonyl (C=O) groups excluding carboxylic acids is 1. The standard InChI is InChI=1S/C17H21N3O4/c1-12-9-18-10-14(20-12)16(22)15(21)7-8-19-17(23)24-11-13-5-3-2-4-6-13/h2-6,9-10,15-16,21-22H,7-8,11H2,1H3,(H,19,23). The summed E-state index contributed by atoms with van der Waals surface area (Å²) in [5.41, 5.74) is 1.84. The largest absolute Gasteiger partial charge is 0.445 e. The van der Waals surface area contributed by atoms with E-state index < -0.39 is 18.3 Å². The molecule has 0 aliphatic rings. The lowest BCUT2D eigenvalue weighted by atomic mass is 10.1. The Kier molecular flexibility index (Phi) is 6.65. The molecular formula is C17H21N3O4. The van der Waals surface area contributed by atoms with Gasteiger partial charge in [-0.2, -0.15) is 0 Å². The number of benzene rings is 1. The summed E-state index contributed by atoms with van der Waals surface area (Å²) in [5.74, 6) is 0. The summed E-state index contributed by atoms with van der Waals surface area (Å²) in [6.07, 6.45) is 0.345. The lowest BCUT2D eigenvalue weighted by Gasteiger charge is -2.17. The molecule has 0 spiro atoms. The molecule has 2 atom stereocenters. The first-order valence-corrected chi connectivity index (χ1v) is 7.65. The van der Waals surface area contributed by atoms with Gasteiger partial charge in [0.2, 0.25) is 0 Å². The van der Waals surface area contributed by atoms with E-state index in [2.05, 4.69) is 15.3 Å². The fraction of sp³-hybridized carbons (Fsp3) is 0.353. The van der Waals surface area contributed by atoms with Crippen LogP contribution >= 0.6 is 0 Å². The zero-order chi connectivity index (χ0) is 17.4. The third kappa shape index (κ3) is 5.60. The summed E-state index contributed by atoms with van der Waals surface area (Å²) in [5, 5.41) is 22.5. The highest BCUT2D eigenvalue weighted by Gasteiger charge is 2.20. The van der Waals surface area contributed by atoms with Crippen LogP contribution in [0.1, 0.15) is 29.5 Å². The van der Waals surface area contributed by atoms with E-state index in [1.807, 2.05) is 30.3 Å². The quantitative estimate of drug-likeness (QED) is 0.710. The highest BCUT2D eigenvalue weighted by molar-refractivity contribution is 5.67. The number of carbonyl (C=O) groups is 1. The van der Waals surface area contributed by atoms with Gasteiger partial charge in [0.15, 0.2) is 0 Å². The van der Waals surface area contributed by atoms with Crippen molar-refractivity contribution >= 4 is 6.09 Å². The number of aryl methyl sites for hydroxylation is 1. The second-order valence-electron chi connectivity index (χ2n) is 5.37. The molecule has 3 N–H and O–H groups in total. The number of aliphatic hydroxyl groups is 2. The zero-order valence-electron chi connectivity index (χ0n) is 13.4. The van der Waals surface area contributed by atoms with Crippen LogP contribution in [0.25, 0.3) is 0 Å². The van der Waals surface area contributed by atoms with Crippen molar-refractivity contribution in [3.63, 3.8) is 0 Å². The van der Waals surface area contributed by atoms with Crippen LogP contribution in [0.3, 0.4) is 0 Å². The van der Waals surface area contributed by atoms with Crippen LogP contribution in [-0.2, 0) is 11.3 Å². The van der Waals surface area contributed by atoms with Crippen molar-refractivity contribution < 1.29 is 19.7 Å². The van der Waals surface area contributed by atoms with E-state index in [1.54, 1.807) is 13.1 Å². The van der Waals surface area contributed by atoms with Gasteiger partial charge < -0.3 is 20.3 Å². The molecule has 1 aromatic carbocycles. The highest BCUT2D eigenvalue weighted by Crippen LogP contribution is 2.16. The monoisotopic (exact) mass is 331 g/mol. The van der Waals surface area contributed by atoms with Gasteiger partial charge in [-0.1, -0.05) is 30.3 Å². The minimum atomic E-state index is -1.15. The van der Waals surface area contributed by atoms with Gasteiger partial charge >= 0.3 is 6.09 Å². The Bertz CT molecular complexity index is 651. The maximum atomic E-state index is 11.6. The average Bonchev–Trinajstić information content (AvgIpc) is 2.60. The van der Waals surface area contributed by atoms with E-state index in [9.17, 15) is 15.0 Å². The number of rotatable bonds is 7. The minimum absolute atomic E-state index is 0.164. The van der Waals surface area contributed by atoms with Gasteiger partial charge in [-0.15, -0.1) is 0 Å². The Hall–Kier alpha value is -2.51. The maximum absolute atomic E-state index is 11.6. The Morgan fingerprint density at radius 2 is 2.00 bits per heavy atom. The first-order valence-electron chi connectivity index (χ1n) is 7.65. The number of nitrogens with one attached hydrogen (secondary N) is 1. The Labute approximate surface area is 140 Å². The van der Waals surface area contributed by atoms with Crippen LogP contribution < -0.4 is 5.32 Å². The van der Waals surface area contributed by atoms with E-state index in [-0.39, 0.29) is 19.6 Å². The van der Waals surface area contributed by atoms with E-state index in [0.29, 0.717) is 11.4 Å². The summed E-state index contributed by atoms with van der Waals surface area (Å²) < 4.78 is 5.05. The summed E-state index contributed by atoms with van der Waals surface area (Å²) in [6, 6.07) is 9.33. The molecule has 0 saturated heterocycles. The van der Waals surface area contributed by atoms with Crippen LogP contribution in [0.4, 0.5) is 4.79 Å². The topological polar surface area (TPSA) is 105 Å². The summed E-state index contributed by atoms with van der Waals surface area (Å²) in [6.45, 7) is 2.10. The van der Waals surface area contributed by atoms with Crippen molar-refractivity contribution in [3.8, 4) is 0 Å². The van der Waals surface area contributed by atoms with Crippen LogP contribution in [0.15, 0.2) is 42.7 Å². The predicted molar refractivity (Wildman–Crippen MR) is 87.0 cm³/mol. The predicted octanol–water partition coefficient (Wildman–Crippen LogP) is 1.50. The molecule has 0 fully saturated rings. The molecule has 7 heteroatoms. The molecule has 1 amide bonds. The first-order chi connectivity index (χ1) is 11.6. The van der Waals surface area contributed by atoms with Crippen molar-refractivity contribution in [2.24, 2.45) is 0 Å². The molecule has 1 aromatic heterocycles. The van der Waals surface area contributed by atoms with Crippen LogP contribution in [0.2, 0.25) is 0 Å². The Morgan fingerprint density at radius 1 is 1.25 bits per heavy atom. The molecule has 7 nitrogen and oxygen atoms in total.